The summed E-state index contributed by atoms with van der Waals surface area (Å²) in [6.45, 7) is 2.01. The SMILES string of the molecule is COCC(O)CNc1nc(C)c(-c2nc3ccccc3s2)c(N[C@@H]2C[C@H](CO)[C@@H](O)[C@H]2O)n1. The maximum atomic E-state index is 10.5. The predicted molar refractivity (Wildman–Crippen MR) is 126 cm³/mol. The molecular weight excluding hydrogens is 446 g/mol. The Morgan fingerprint density at radius 1 is 1.18 bits per heavy atom. The number of nitrogens with one attached hydrogen (secondary N) is 2. The van der Waals surface area contributed by atoms with Crippen molar-refractivity contribution >= 4 is 33.3 Å². The number of aliphatic hydroxyl groups excluding tert-OH is 4. The highest BCUT2D eigenvalue weighted by atomic mass is 32.1. The summed E-state index contributed by atoms with van der Waals surface area (Å²) in [7, 11) is 1.51. The van der Waals surface area contributed by atoms with Crippen molar-refractivity contribution in [2.75, 3.05) is 37.5 Å². The van der Waals surface area contributed by atoms with E-state index in [0.717, 1.165) is 15.2 Å². The summed E-state index contributed by atoms with van der Waals surface area (Å²) in [6.07, 6.45) is -2.42. The highest BCUT2D eigenvalue weighted by molar-refractivity contribution is 7.21. The van der Waals surface area contributed by atoms with Gasteiger partial charge in [-0.05, 0) is 25.5 Å². The Morgan fingerprint density at radius 2 is 1.97 bits per heavy atom. The van der Waals surface area contributed by atoms with E-state index < -0.39 is 30.3 Å². The minimum atomic E-state index is -1.06. The van der Waals surface area contributed by atoms with Gasteiger partial charge in [0.05, 0.1) is 46.3 Å². The van der Waals surface area contributed by atoms with Crippen LogP contribution in [0.4, 0.5) is 11.8 Å². The summed E-state index contributed by atoms with van der Waals surface area (Å²) in [5.41, 5.74) is 2.24. The first-order valence-corrected chi connectivity index (χ1v) is 11.6. The van der Waals surface area contributed by atoms with Gasteiger partial charge in [-0.3, -0.25) is 0 Å². The minimum Gasteiger partial charge on any atom is -0.396 e. The number of ether oxygens (including phenoxy) is 1. The Morgan fingerprint density at radius 3 is 2.67 bits per heavy atom. The van der Waals surface area contributed by atoms with E-state index in [2.05, 4.69) is 20.6 Å². The van der Waals surface area contributed by atoms with Crippen molar-refractivity contribution in [2.45, 2.75) is 37.7 Å². The number of benzene rings is 1. The fourth-order valence-corrected chi connectivity index (χ4v) is 5.14. The molecule has 33 heavy (non-hydrogen) atoms. The van der Waals surface area contributed by atoms with Gasteiger partial charge in [0.25, 0.3) is 0 Å². The van der Waals surface area contributed by atoms with Crippen LogP contribution in [0.3, 0.4) is 0 Å². The molecule has 6 N–H and O–H groups in total. The van der Waals surface area contributed by atoms with Crippen LogP contribution in [0, 0.1) is 12.8 Å². The monoisotopic (exact) mass is 475 g/mol. The van der Waals surface area contributed by atoms with Gasteiger partial charge in [-0.25, -0.2) is 9.97 Å². The number of methoxy groups -OCH3 is 1. The number of hydrogen-bond acceptors (Lipinski definition) is 11. The van der Waals surface area contributed by atoms with Crippen molar-refractivity contribution in [3.63, 3.8) is 0 Å². The molecule has 1 saturated carbocycles. The molecule has 0 bridgehead atoms. The van der Waals surface area contributed by atoms with Crippen molar-refractivity contribution in [1.82, 2.24) is 15.0 Å². The van der Waals surface area contributed by atoms with Gasteiger partial charge in [0, 0.05) is 26.2 Å². The summed E-state index contributed by atoms with van der Waals surface area (Å²) < 4.78 is 5.98. The van der Waals surface area contributed by atoms with Gasteiger partial charge in [-0.2, -0.15) is 4.98 Å². The second-order valence-electron chi connectivity index (χ2n) is 8.24. The van der Waals surface area contributed by atoms with E-state index in [1.54, 1.807) is 0 Å². The van der Waals surface area contributed by atoms with Gasteiger partial charge in [0.1, 0.15) is 16.9 Å². The van der Waals surface area contributed by atoms with Gasteiger partial charge in [-0.15, -0.1) is 11.3 Å². The third-order valence-electron chi connectivity index (χ3n) is 5.81. The van der Waals surface area contributed by atoms with Crippen LogP contribution in [0.2, 0.25) is 0 Å². The number of hydrogen-bond donors (Lipinski definition) is 6. The first kappa shape index (κ1) is 23.7. The van der Waals surface area contributed by atoms with E-state index in [-0.39, 0.29) is 19.8 Å². The Bertz CT molecular complexity index is 1060. The van der Waals surface area contributed by atoms with Gasteiger partial charge < -0.3 is 35.8 Å². The van der Waals surface area contributed by atoms with Crippen LogP contribution in [0.1, 0.15) is 12.1 Å². The Labute approximate surface area is 195 Å². The fraction of sp³-hybridized carbons (Fsp3) is 0.500. The zero-order valence-corrected chi connectivity index (χ0v) is 19.3. The number of aromatic nitrogens is 3. The lowest BCUT2D eigenvalue weighted by Gasteiger charge is -2.21. The molecule has 0 spiro atoms. The molecule has 1 fully saturated rings. The van der Waals surface area contributed by atoms with Crippen LogP contribution < -0.4 is 10.6 Å². The molecule has 0 radical (unpaired) electrons. The molecule has 5 atom stereocenters. The second kappa shape index (κ2) is 10.2. The highest BCUT2D eigenvalue weighted by Gasteiger charge is 2.41. The number of aliphatic hydroxyl groups is 4. The standard InChI is InChI=1S/C22H29N5O5S/c1-11-17(21-26-14-5-3-4-6-16(14)33-21)20(25-15-7-12(9-28)18(30)19(15)31)27-22(24-11)23-8-13(29)10-32-2/h3-6,12-13,15,18-19,28-31H,7-10H2,1-2H3,(H2,23,24,25,27)/t12-,13?,15-,18-,19+/m1/s1. The van der Waals surface area contributed by atoms with Crippen molar-refractivity contribution in [3.05, 3.63) is 30.0 Å². The van der Waals surface area contributed by atoms with Crippen LogP contribution in [0.15, 0.2) is 24.3 Å². The lowest BCUT2D eigenvalue weighted by Crippen LogP contribution is -2.36. The second-order valence-corrected chi connectivity index (χ2v) is 9.27. The summed E-state index contributed by atoms with van der Waals surface area (Å²) in [5.74, 6) is 0.343. The number of fused-ring (bicyclic) bond motifs is 1. The van der Waals surface area contributed by atoms with E-state index in [1.807, 2.05) is 31.2 Å². The molecule has 4 rings (SSSR count). The molecule has 1 aliphatic rings. The Balaban J connectivity index is 1.70. The Kier molecular flexibility index (Phi) is 7.37. The first-order chi connectivity index (χ1) is 15.9. The van der Waals surface area contributed by atoms with Crippen molar-refractivity contribution in [2.24, 2.45) is 5.92 Å². The number of anilines is 2. The minimum absolute atomic E-state index is 0.176. The molecule has 1 aromatic carbocycles. The van der Waals surface area contributed by atoms with Gasteiger partial charge >= 0.3 is 0 Å². The molecule has 0 aliphatic heterocycles. The largest absolute Gasteiger partial charge is 0.396 e. The van der Waals surface area contributed by atoms with Crippen LogP contribution >= 0.6 is 11.3 Å². The number of rotatable bonds is 9. The molecule has 3 aromatic rings. The predicted octanol–water partition coefficient (Wildman–Crippen LogP) is 0.995. The molecular formula is C22H29N5O5S. The molecule has 1 aliphatic carbocycles. The average molecular weight is 476 g/mol. The molecule has 2 aromatic heterocycles. The molecule has 178 valence electrons. The smallest absolute Gasteiger partial charge is 0.224 e. The van der Waals surface area contributed by atoms with Gasteiger partial charge in [0.2, 0.25) is 5.95 Å². The van der Waals surface area contributed by atoms with Crippen molar-refractivity contribution in [3.8, 4) is 10.6 Å². The number of aryl methyl sites for hydroxylation is 1. The molecule has 0 saturated heterocycles. The van der Waals surface area contributed by atoms with Crippen LogP contribution in [-0.2, 0) is 4.74 Å². The van der Waals surface area contributed by atoms with E-state index >= 15 is 0 Å². The lowest BCUT2D eigenvalue weighted by atomic mass is 10.1. The van der Waals surface area contributed by atoms with Gasteiger partial charge in [0.15, 0.2) is 0 Å². The summed E-state index contributed by atoms with van der Waals surface area (Å²) in [4.78, 5) is 13.9. The molecule has 2 heterocycles. The summed E-state index contributed by atoms with van der Waals surface area (Å²) in [5, 5.41) is 47.3. The molecule has 0 amide bonds. The van der Waals surface area contributed by atoms with E-state index in [9.17, 15) is 20.4 Å². The molecule has 10 nitrogen and oxygen atoms in total. The van der Waals surface area contributed by atoms with Crippen molar-refractivity contribution in [1.29, 1.82) is 0 Å². The number of thiazole rings is 1. The first-order valence-electron chi connectivity index (χ1n) is 10.8. The van der Waals surface area contributed by atoms with Crippen LogP contribution in [0.25, 0.3) is 20.8 Å². The average Bonchev–Trinajstić information content (AvgIpc) is 3.33. The summed E-state index contributed by atoms with van der Waals surface area (Å²) >= 11 is 1.51. The zero-order chi connectivity index (χ0) is 23.5. The Hall–Kier alpha value is -2.41. The zero-order valence-electron chi connectivity index (χ0n) is 18.5. The third-order valence-corrected chi connectivity index (χ3v) is 6.86. The molecule has 11 heteroatoms. The number of nitrogens with zero attached hydrogens (tertiary/aromatic N) is 3. The highest BCUT2D eigenvalue weighted by Crippen LogP contribution is 2.38. The fourth-order valence-electron chi connectivity index (χ4n) is 4.08. The topological polar surface area (TPSA) is 153 Å². The molecule has 1 unspecified atom stereocenters. The van der Waals surface area contributed by atoms with E-state index in [1.165, 1.54) is 18.4 Å². The van der Waals surface area contributed by atoms with E-state index in [0.29, 0.717) is 29.4 Å². The maximum Gasteiger partial charge on any atom is 0.224 e. The normalized spacial score (nSPS) is 23.7. The number of para-hydroxylation sites is 1. The van der Waals surface area contributed by atoms with Crippen molar-refractivity contribution < 1.29 is 25.2 Å². The van der Waals surface area contributed by atoms with Crippen LogP contribution in [0.5, 0.6) is 0 Å². The van der Waals surface area contributed by atoms with Crippen LogP contribution in [-0.4, -0.2) is 86.6 Å². The maximum absolute atomic E-state index is 10.5. The lowest BCUT2D eigenvalue weighted by molar-refractivity contribution is 0.00446. The van der Waals surface area contributed by atoms with Gasteiger partial charge in [-0.1, -0.05) is 12.1 Å². The quantitative estimate of drug-likeness (QED) is 0.264. The summed E-state index contributed by atoms with van der Waals surface area (Å²) in [6, 6.07) is 7.31. The third kappa shape index (κ3) is 5.08. The van der Waals surface area contributed by atoms with E-state index in [4.69, 9.17) is 9.72 Å².